The Bertz CT molecular complexity index is 1060. The van der Waals surface area contributed by atoms with Crippen molar-refractivity contribution in [3.63, 3.8) is 0 Å². The number of nitrogens with zero attached hydrogens (tertiary/aromatic N) is 5. The molecule has 0 radical (unpaired) electrons. The molecule has 2 amide bonds. The maximum absolute atomic E-state index is 12.5. The molecule has 4 heterocycles. The van der Waals surface area contributed by atoms with E-state index < -0.39 is 0 Å². The van der Waals surface area contributed by atoms with Crippen LogP contribution in [0.2, 0.25) is 0 Å². The molecule has 3 aromatic rings. The molecule has 0 bridgehead atoms. The summed E-state index contributed by atoms with van der Waals surface area (Å²) < 4.78 is 0. The molecule has 2 saturated heterocycles. The molecule has 0 saturated carbocycles. The molecule has 1 aromatic carbocycles. The van der Waals surface area contributed by atoms with Crippen LogP contribution in [-0.4, -0.2) is 58.1 Å². The first-order chi connectivity index (χ1) is 15.7. The standard InChI is InChI=1S/C23H24N6O2S/c30-21(18-14-29(15-18)20-5-8-25-26-13-20)27-19-3-1-16(2-4-19)17-6-10-28(11-7-17)23(31)22-24-9-12-32-22/h1-5,8-9,12-13,17-18H,6-7,10-11,14-15H2,(H,27,30). The minimum atomic E-state index is -0.0254. The van der Waals surface area contributed by atoms with Crippen LogP contribution in [0.3, 0.4) is 0 Å². The molecule has 8 nitrogen and oxygen atoms in total. The number of hydrogen-bond donors (Lipinski definition) is 1. The van der Waals surface area contributed by atoms with Gasteiger partial charge in [0.05, 0.1) is 24.0 Å². The van der Waals surface area contributed by atoms with Gasteiger partial charge >= 0.3 is 0 Å². The van der Waals surface area contributed by atoms with E-state index in [-0.39, 0.29) is 17.7 Å². The summed E-state index contributed by atoms with van der Waals surface area (Å²) in [6.45, 7) is 2.86. The van der Waals surface area contributed by atoms with Crippen LogP contribution in [0.1, 0.15) is 34.1 Å². The Kier molecular flexibility index (Phi) is 5.81. The largest absolute Gasteiger partial charge is 0.368 e. The third-order valence-corrected chi connectivity index (χ3v) is 6.99. The number of hydrogen-bond acceptors (Lipinski definition) is 7. The predicted octanol–water partition coefficient (Wildman–Crippen LogP) is 3.03. The molecule has 164 valence electrons. The number of amides is 2. The van der Waals surface area contributed by atoms with Crippen molar-refractivity contribution in [2.45, 2.75) is 18.8 Å². The summed E-state index contributed by atoms with van der Waals surface area (Å²) in [6.07, 6.45) is 6.92. The number of piperidine rings is 1. The van der Waals surface area contributed by atoms with Crippen LogP contribution in [0.15, 0.2) is 54.3 Å². The third-order valence-electron chi connectivity index (χ3n) is 6.23. The number of likely N-dealkylation sites (tertiary alicyclic amines) is 1. The first-order valence-corrected chi connectivity index (χ1v) is 11.7. The normalized spacial score (nSPS) is 17.1. The van der Waals surface area contributed by atoms with Crippen LogP contribution in [0.4, 0.5) is 11.4 Å². The Hall–Kier alpha value is -3.33. The van der Waals surface area contributed by atoms with Crippen molar-refractivity contribution >= 4 is 34.5 Å². The van der Waals surface area contributed by atoms with Gasteiger partial charge in [-0.1, -0.05) is 12.1 Å². The Morgan fingerprint density at radius 1 is 1.00 bits per heavy atom. The maximum atomic E-state index is 12.5. The van der Waals surface area contributed by atoms with Crippen LogP contribution in [0.5, 0.6) is 0 Å². The van der Waals surface area contributed by atoms with Gasteiger partial charge in [0.1, 0.15) is 0 Å². The quantitative estimate of drug-likeness (QED) is 0.645. The molecule has 2 aliphatic rings. The number of carbonyl (C=O) groups is 2. The number of rotatable bonds is 5. The van der Waals surface area contributed by atoms with Crippen LogP contribution in [-0.2, 0) is 4.79 Å². The van der Waals surface area contributed by atoms with Crippen molar-refractivity contribution in [2.75, 3.05) is 36.4 Å². The van der Waals surface area contributed by atoms with Gasteiger partial charge in [0.2, 0.25) is 5.91 Å². The number of aromatic nitrogens is 3. The van der Waals surface area contributed by atoms with Crippen molar-refractivity contribution in [1.82, 2.24) is 20.1 Å². The van der Waals surface area contributed by atoms with E-state index in [1.54, 1.807) is 18.6 Å². The van der Waals surface area contributed by atoms with Gasteiger partial charge in [-0.25, -0.2) is 4.98 Å². The lowest BCUT2D eigenvalue weighted by Crippen LogP contribution is -2.52. The Labute approximate surface area is 190 Å². The molecule has 0 atom stereocenters. The Balaban J connectivity index is 1.10. The summed E-state index contributed by atoms with van der Waals surface area (Å²) in [5, 5.41) is 13.1. The molecule has 2 aromatic heterocycles. The minimum Gasteiger partial charge on any atom is -0.368 e. The lowest BCUT2D eigenvalue weighted by atomic mass is 9.89. The average molecular weight is 449 g/mol. The van der Waals surface area contributed by atoms with E-state index in [2.05, 4.69) is 37.5 Å². The van der Waals surface area contributed by atoms with Crippen molar-refractivity contribution in [2.24, 2.45) is 5.92 Å². The van der Waals surface area contributed by atoms with Gasteiger partial charge in [-0.2, -0.15) is 10.2 Å². The minimum absolute atomic E-state index is 0.0254. The van der Waals surface area contributed by atoms with Gasteiger partial charge in [-0.05, 0) is 42.5 Å². The summed E-state index contributed by atoms with van der Waals surface area (Å²) >= 11 is 1.39. The van der Waals surface area contributed by atoms with Crippen LogP contribution in [0, 0.1) is 5.92 Å². The summed E-state index contributed by atoms with van der Waals surface area (Å²) in [7, 11) is 0. The van der Waals surface area contributed by atoms with Gasteiger partial charge in [0.25, 0.3) is 5.91 Å². The second kappa shape index (κ2) is 9.04. The van der Waals surface area contributed by atoms with E-state index >= 15 is 0 Å². The SMILES string of the molecule is O=C(Nc1ccc(C2CCN(C(=O)c3nccs3)CC2)cc1)C1CN(c2ccnnc2)C1. The van der Waals surface area contributed by atoms with E-state index in [9.17, 15) is 9.59 Å². The molecule has 0 unspecified atom stereocenters. The van der Waals surface area contributed by atoms with Crippen molar-refractivity contribution < 1.29 is 9.59 Å². The maximum Gasteiger partial charge on any atom is 0.282 e. The van der Waals surface area contributed by atoms with Gasteiger partial charge in [-0.15, -0.1) is 11.3 Å². The lowest BCUT2D eigenvalue weighted by Gasteiger charge is -2.39. The molecule has 1 N–H and O–H groups in total. The molecule has 0 aliphatic carbocycles. The highest BCUT2D eigenvalue weighted by Gasteiger charge is 2.33. The molecular weight excluding hydrogens is 424 g/mol. The highest BCUT2D eigenvalue weighted by Crippen LogP contribution is 2.30. The highest BCUT2D eigenvalue weighted by atomic mass is 32.1. The Morgan fingerprint density at radius 2 is 1.78 bits per heavy atom. The molecule has 0 spiro atoms. The van der Waals surface area contributed by atoms with Crippen molar-refractivity contribution in [3.8, 4) is 0 Å². The van der Waals surface area contributed by atoms with E-state index in [0.29, 0.717) is 24.0 Å². The monoisotopic (exact) mass is 448 g/mol. The smallest absolute Gasteiger partial charge is 0.282 e. The van der Waals surface area contributed by atoms with Crippen molar-refractivity contribution in [3.05, 3.63) is 64.9 Å². The van der Waals surface area contributed by atoms with E-state index in [1.165, 1.54) is 16.9 Å². The topological polar surface area (TPSA) is 91.3 Å². The first-order valence-electron chi connectivity index (χ1n) is 10.8. The molecule has 2 fully saturated rings. The lowest BCUT2D eigenvalue weighted by molar-refractivity contribution is -0.120. The number of anilines is 2. The molecule has 5 rings (SSSR count). The summed E-state index contributed by atoms with van der Waals surface area (Å²) in [5.74, 6) is 0.480. The Morgan fingerprint density at radius 3 is 2.44 bits per heavy atom. The van der Waals surface area contributed by atoms with Crippen LogP contribution < -0.4 is 10.2 Å². The van der Waals surface area contributed by atoms with E-state index in [1.807, 2.05) is 28.5 Å². The predicted molar refractivity (Wildman–Crippen MR) is 123 cm³/mol. The molecule has 2 aliphatic heterocycles. The van der Waals surface area contributed by atoms with Crippen molar-refractivity contribution in [1.29, 1.82) is 0 Å². The zero-order chi connectivity index (χ0) is 21.9. The van der Waals surface area contributed by atoms with Gasteiger partial charge < -0.3 is 15.1 Å². The van der Waals surface area contributed by atoms with E-state index in [0.717, 1.165) is 37.3 Å². The zero-order valence-corrected chi connectivity index (χ0v) is 18.4. The summed E-state index contributed by atoms with van der Waals surface area (Å²) in [4.78, 5) is 33.2. The van der Waals surface area contributed by atoms with Crippen LogP contribution >= 0.6 is 11.3 Å². The fraction of sp³-hybridized carbons (Fsp3) is 0.348. The molecular formula is C23H24N6O2S. The van der Waals surface area contributed by atoms with Gasteiger partial charge in [-0.3, -0.25) is 9.59 Å². The second-order valence-corrected chi connectivity index (χ2v) is 9.11. The molecule has 32 heavy (non-hydrogen) atoms. The fourth-order valence-electron chi connectivity index (χ4n) is 4.29. The summed E-state index contributed by atoms with van der Waals surface area (Å²) in [6, 6.07) is 10.0. The zero-order valence-electron chi connectivity index (χ0n) is 17.6. The third kappa shape index (κ3) is 4.34. The highest BCUT2D eigenvalue weighted by molar-refractivity contribution is 7.11. The number of nitrogens with one attached hydrogen (secondary N) is 1. The first kappa shape index (κ1) is 20.6. The second-order valence-electron chi connectivity index (χ2n) is 8.22. The number of benzene rings is 1. The van der Waals surface area contributed by atoms with Gasteiger partial charge in [0, 0.05) is 43.4 Å². The molecule has 9 heteroatoms. The summed E-state index contributed by atoms with van der Waals surface area (Å²) in [5.41, 5.74) is 3.07. The van der Waals surface area contributed by atoms with E-state index in [4.69, 9.17) is 0 Å². The fourth-order valence-corrected chi connectivity index (χ4v) is 4.89. The number of carbonyl (C=O) groups excluding carboxylic acids is 2. The van der Waals surface area contributed by atoms with Gasteiger partial charge in [0.15, 0.2) is 5.01 Å². The van der Waals surface area contributed by atoms with Crippen LogP contribution in [0.25, 0.3) is 0 Å². The number of thiazole rings is 1. The average Bonchev–Trinajstić information content (AvgIpc) is 3.34.